The third-order valence-corrected chi connectivity index (χ3v) is 11.5. The van der Waals surface area contributed by atoms with Gasteiger partial charge in [-0.2, -0.15) is 0 Å². The van der Waals surface area contributed by atoms with Crippen molar-refractivity contribution < 1.29 is 83.1 Å². The summed E-state index contributed by atoms with van der Waals surface area (Å²) < 4.78 is 0. The van der Waals surface area contributed by atoms with Gasteiger partial charge in [0, 0.05) is 37.7 Å². The number of carboxylic acid groups (broad SMARTS) is 3. The van der Waals surface area contributed by atoms with E-state index in [-0.39, 0.29) is 62.0 Å². The highest BCUT2D eigenvalue weighted by molar-refractivity contribution is 5.98. The Morgan fingerprint density at radius 2 is 1.15 bits per heavy atom. The number of aliphatic carboxylic acids is 3. The number of aromatic hydroxyl groups is 1. The van der Waals surface area contributed by atoms with Gasteiger partial charge in [0.15, 0.2) is 5.96 Å². The Morgan fingerprint density at radius 1 is 0.625 bits per heavy atom. The number of guanidine groups is 1. The van der Waals surface area contributed by atoms with Crippen LogP contribution in [0.25, 0.3) is 0 Å². The van der Waals surface area contributed by atoms with Gasteiger partial charge in [0.25, 0.3) is 0 Å². The standard InChI is InChI=1S/C48H73N15O17/c1-23(2)14-30(57-35(66)18-49)43(75)59-31(15-25-7-9-27(65)10-8-25)44(76)61-33(17-38(70)71)40(72)54-20-36(67)56-28(6-5-13-53-48(50)51)41(73)58-29(11-12-37(68)69)42(74)60-32(16-26-19-52-22-55-26)45(77)62-34(21-64)46(78)63-39(24(3)4)47(79)80/h7-10,19,22-24,28-34,39,64-65H,5-6,11-18,20-21,49H2,1-4H3,(H,52,55)(H,54,72)(H,56,67)(H,57,66)(H,58,73)(H,59,75)(H,60,74)(H,61,76)(H,62,77)(H,63,78)(H,68,69)(H,70,71)(H,79,80)(H4,50,51,53)/t28-,29-,30-,31-,32-,33-,34-,39-/m0/s1. The van der Waals surface area contributed by atoms with Crippen molar-refractivity contribution in [1.82, 2.24) is 57.8 Å². The number of rotatable bonds is 36. The molecule has 0 aliphatic carbocycles. The third-order valence-electron chi connectivity index (χ3n) is 11.5. The number of carbonyl (C=O) groups is 12. The molecule has 0 aliphatic heterocycles. The number of aromatic amines is 1. The quantitative estimate of drug-likeness (QED) is 0.0172. The SMILES string of the molecule is CC(C)C[C@H](NC(=O)CN)C(=O)N[C@@H](Cc1ccc(O)cc1)C(=O)N[C@@H](CC(=O)O)C(=O)NCC(=O)N[C@@H](CCCN=C(N)N)C(=O)N[C@@H](CCC(=O)O)C(=O)N[C@@H](Cc1cnc[nH]1)C(=O)N[C@@H](CO)C(=O)N[C@H](C(=O)O)C(C)C. The number of aliphatic hydroxyl groups is 1. The molecule has 2 rings (SSSR count). The fourth-order valence-corrected chi connectivity index (χ4v) is 7.41. The molecule has 0 aliphatic rings. The highest BCUT2D eigenvalue weighted by Crippen LogP contribution is 2.14. The largest absolute Gasteiger partial charge is 0.508 e. The van der Waals surface area contributed by atoms with E-state index in [9.17, 15) is 83.1 Å². The molecule has 9 amide bonds. The Labute approximate surface area is 458 Å². The second-order valence-corrected chi connectivity index (χ2v) is 19.0. The first-order valence-electron chi connectivity index (χ1n) is 25.1. The smallest absolute Gasteiger partial charge is 0.326 e. The first-order chi connectivity index (χ1) is 37.6. The van der Waals surface area contributed by atoms with Crippen LogP contribution in [0.1, 0.15) is 77.5 Å². The summed E-state index contributed by atoms with van der Waals surface area (Å²) in [5.41, 5.74) is 16.9. The number of nitrogens with two attached hydrogens (primary N) is 3. The average Bonchev–Trinajstić information content (AvgIpc) is 3.90. The number of phenolic OH excluding ortho intramolecular Hbond substituents is 1. The lowest BCUT2D eigenvalue weighted by Gasteiger charge is -2.27. The van der Waals surface area contributed by atoms with E-state index in [1.54, 1.807) is 13.8 Å². The summed E-state index contributed by atoms with van der Waals surface area (Å²) in [7, 11) is 0. The summed E-state index contributed by atoms with van der Waals surface area (Å²) in [6.07, 6.45) is -0.681. The summed E-state index contributed by atoms with van der Waals surface area (Å²) in [5.74, 6) is -15.0. The number of benzene rings is 1. The second kappa shape index (κ2) is 34.1. The van der Waals surface area contributed by atoms with Crippen LogP contribution in [0.2, 0.25) is 0 Å². The van der Waals surface area contributed by atoms with Gasteiger partial charge in [0.1, 0.15) is 54.1 Å². The molecule has 1 heterocycles. The fraction of sp³-hybridized carbons (Fsp3) is 0.542. The molecule has 0 radical (unpaired) electrons. The molecule has 0 bridgehead atoms. The maximum atomic E-state index is 14.0. The van der Waals surface area contributed by atoms with Crippen molar-refractivity contribution in [1.29, 1.82) is 0 Å². The molecule has 1 aromatic heterocycles. The number of aromatic nitrogens is 2. The van der Waals surface area contributed by atoms with Crippen molar-refractivity contribution in [3.8, 4) is 5.75 Å². The molecule has 32 nitrogen and oxygen atoms in total. The highest BCUT2D eigenvalue weighted by atomic mass is 16.4. The number of imidazole rings is 1. The Bertz CT molecular complexity index is 2490. The van der Waals surface area contributed by atoms with Gasteiger partial charge in [-0.25, -0.2) is 9.78 Å². The molecule has 0 spiro atoms. The summed E-state index contributed by atoms with van der Waals surface area (Å²) in [4.78, 5) is 167. The lowest BCUT2D eigenvalue weighted by Crippen LogP contribution is -2.60. The number of aliphatic hydroxyl groups excluding tert-OH is 1. The molecule has 32 heteroatoms. The van der Waals surface area contributed by atoms with Crippen LogP contribution in [0, 0.1) is 11.8 Å². The van der Waals surface area contributed by atoms with E-state index in [0.29, 0.717) is 5.56 Å². The predicted octanol–water partition coefficient (Wildman–Crippen LogP) is -5.97. The molecule has 0 saturated heterocycles. The number of carbonyl (C=O) groups excluding carboxylic acids is 9. The van der Waals surface area contributed by atoms with Crippen LogP contribution in [0.15, 0.2) is 41.8 Å². The summed E-state index contributed by atoms with van der Waals surface area (Å²) in [5, 5.41) is 69.6. The first kappa shape index (κ1) is 67.2. The fourth-order valence-electron chi connectivity index (χ4n) is 7.41. The van der Waals surface area contributed by atoms with E-state index in [0.717, 1.165) is 0 Å². The van der Waals surface area contributed by atoms with Gasteiger partial charge in [0.2, 0.25) is 53.2 Å². The van der Waals surface area contributed by atoms with Crippen molar-refractivity contribution in [2.24, 2.45) is 34.0 Å². The zero-order chi connectivity index (χ0) is 60.2. The summed E-state index contributed by atoms with van der Waals surface area (Å²) in [6, 6.07) is -7.28. The van der Waals surface area contributed by atoms with Gasteiger partial charge < -0.3 is 95.6 Å². The monoisotopic (exact) mass is 1130 g/mol. The molecule has 8 atom stereocenters. The van der Waals surface area contributed by atoms with Crippen molar-refractivity contribution in [2.45, 2.75) is 127 Å². The Morgan fingerprint density at radius 3 is 1.66 bits per heavy atom. The van der Waals surface area contributed by atoms with Crippen LogP contribution in [0.3, 0.4) is 0 Å². The van der Waals surface area contributed by atoms with Crippen molar-refractivity contribution >= 4 is 77.0 Å². The van der Waals surface area contributed by atoms with Crippen LogP contribution in [-0.2, 0) is 70.4 Å². The molecular formula is C48H73N15O17. The van der Waals surface area contributed by atoms with Crippen molar-refractivity contribution in [3.05, 3.63) is 48.0 Å². The van der Waals surface area contributed by atoms with E-state index in [4.69, 9.17) is 17.2 Å². The number of carboxylic acids is 3. The number of nitrogens with one attached hydrogen (secondary N) is 10. The van der Waals surface area contributed by atoms with Crippen molar-refractivity contribution in [2.75, 3.05) is 26.2 Å². The van der Waals surface area contributed by atoms with Gasteiger partial charge in [-0.1, -0.05) is 39.8 Å². The normalized spacial score (nSPS) is 13.9. The van der Waals surface area contributed by atoms with Gasteiger partial charge >= 0.3 is 17.9 Å². The number of hydrogen-bond acceptors (Lipinski definition) is 17. The number of H-pyrrole nitrogens is 1. The second-order valence-electron chi connectivity index (χ2n) is 19.0. The van der Waals surface area contributed by atoms with E-state index in [2.05, 4.69) is 62.8 Å². The Hall–Kier alpha value is -8.94. The van der Waals surface area contributed by atoms with Gasteiger partial charge in [-0.05, 0) is 55.2 Å². The minimum absolute atomic E-state index is 0.0167. The van der Waals surface area contributed by atoms with Gasteiger partial charge in [-0.3, -0.25) is 57.7 Å². The molecule has 2 aromatic rings. The van der Waals surface area contributed by atoms with E-state index in [1.165, 1.54) is 50.6 Å². The van der Waals surface area contributed by atoms with Gasteiger partial charge in [-0.15, -0.1) is 0 Å². The summed E-state index contributed by atoms with van der Waals surface area (Å²) in [6.45, 7) is 3.99. The Kier molecular flexibility index (Phi) is 28.6. The minimum Gasteiger partial charge on any atom is -0.508 e. The number of amides is 9. The maximum Gasteiger partial charge on any atom is 0.326 e. The lowest BCUT2D eigenvalue weighted by atomic mass is 10.0. The van der Waals surface area contributed by atoms with Gasteiger partial charge in [0.05, 0.1) is 32.4 Å². The van der Waals surface area contributed by atoms with Crippen molar-refractivity contribution in [3.63, 3.8) is 0 Å². The molecule has 21 N–H and O–H groups in total. The zero-order valence-corrected chi connectivity index (χ0v) is 44.5. The number of phenols is 1. The van der Waals surface area contributed by atoms with Crippen LogP contribution in [-0.4, -0.2) is 187 Å². The van der Waals surface area contributed by atoms with Crippen LogP contribution in [0.4, 0.5) is 0 Å². The molecule has 0 saturated carbocycles. The van der Waals surface area contributed by atoms with Crippen LogP contribution >= 0.6 is 0 Å². The number of nitrogens with zero attached hydrogens (tertiary/aromatic N) is 2. The number of hydrogen-bond donors (Lipinski definition) is 18. The molecule has 0 unspecified atom stereocenters. The first-order valence-corrected chi connectivity index (χ1v) is 25.1. The van der Waals surface area contributed by atoms with Crippen LogP contribution < -0.4 is 65.1 Å². The third kappa shape index (κ3) is 25.0. The topological polar surface area (TPSA) is 533 Å². The summed E-state index contributed by atoms with van der Waals surface area (Å²) >= 11 is 0. The lowest BCUT2D eigenvalue weighted by molar-refractivity contribution is -0.144. The van der Waals surface area contributed by atoms with E-state index < -0.39 is 164 Å². The highest BCUT2D eigenvalue weighted by Gasteiger charge is 2.35. The molecular weight excluding hydrogens is 1060 g/mol. The zero-order valence-electron chi connectivity index (χ0n) is 44.5. The molecule has 1 aromatic carbocycles. The molecule has 0 fully saturated rings. The Balaban J connectivity index is 2.40. The molecule has 442 valence electrons. The molecule has 80 heavy (non-hydrogen) atoms. The maximum absolute atomic E-state index is 14.0. The van der Waals surface area contributed by atoms with E-state index >= 15 is 0 Å². The predicted molar refractivity (Wildman–Crippen MR) is 280 cm³/mol. The number of aliphatic imine (C=N–C) groups is 1. The average molecular weight is 1130 g/mol. The van der Waals surface area contributed by atoms with Crippen LogP contribution in [0.5, 0.6) is 5.75 Å². The van der Waals surface area contributed by atoms with E-state index in [1.807, 2.05) is 0 Å². The minimum atomic E-state index is -1.90.